The molecule has 19 heavy (non-hydrogen) atoms. The van der Waals surface area contributed by atoms with E-state index in [0.29, 0.717) is 10.6 Å². The molecular weight excluding hydrogens is 262 g/mol. The number of aromatic nitrogens is 1. The Balaban J connectivity index is 2.03. The van der Waals surface area contributed by atoms with Crippen molar-refractivity contribution in [3.8, 4) is 0 Å². The first-order valence-corrected chi connectivity index (χ1v) is 6.17. The Morgan fingerprint density at radius 2 is 2.16 bits per heavy atom. The Labute approximate surface area is 116 Å². The van der Waals surface area contributed by atoms with Crippen molar-refractivity contribution in [1.82, 2.24) is 9.99 Å². The fourth-order valence-corrected chi connectivity index (χ4v) is 1.80. The summed E-state index contributed by atoms with van der Waals surface area (Å²) in [5.41, 5.74) is 5.00. The van der Waals surface area contributed by atoms with E-state index in [1.165, 1.54) is 0 Å². The number of halogens is 1. The van der Waals surface area contributed by atoms with Gasteiger partial charge in [0.15, 0.2) is 0 Å². The number of amides is 1. The number of carbonyl (C=O) groups excluding carboxylic acids is 1. The van der Waals surface area contributed by atoms with Gasteiger partial charge in [0.1, 0.15) is 0 Å². The van der Waals surface area contributed by atoms with Crippen LogP contribution in [0.15, 0.2) is 41.5 Å². The molecule has 0 aliphatic heterocycles. The second-order valence-corrected chi connectivity index (χ2v) is 4.60. The molecule has 4 nitrogen and oxygen atoms in total. The predicted octanol–water partition coefficient (Wildman–Crippen LogP) is 2.75. The molecule has 0 bridgehead atoms. The van der Waals surface area contributed by atoms with Crippen molar-refractivity contribution >= 4 is 23.7 Å². The Kier molecular flexibility index (Phi) is 4.02. The van der Waals surface area contributed by atoms with Crippen LogP contribution in [0, 0.1) is 6.92 Å². The van der Waals surface area contributed by atoms with Crippen molar-refractivity contribution in [2.24, 2.45) is 12.1 Å². The molecule has 0 aliphatic carbocycles. The maximum absolute atomic E-state index is 11.8. The van der Waals surface area contributed by atoms with E-state index >= 15 is 0 Å². The lowest BCUT2D eigenvalue weighted by Gasteiger charge is -2.01. The quantitative estimate of drug-likeness (QED) is 0.679. The molecule has 1 N–H and O–H groups in total. The molecule has 5 heteroatoms. The van der Waals surface area contributed by atoms with E-state index in [1.807, 2.05) is 30.7 Å². The summed E-state index contributed by atoms with van der Waals surface area (Å²) in [5, 5.41) is 4.46. The molecule has 0 atom stereocenters. The van der Waals surface area contributed by atoms with Gasteiger partial charge in [-0.3, -0.25) is 4.79 Å². The smallest absolute Gasteiger partial charge is 0.271 e. The van der Waals surface area contributed by atoms with Gasteiger partial charge >= 0.3 is 0 Å². The van der Waals surface area contributed by atoms with E-state index in [9.17, 15) is 4.79 Å². The summed E-state index contributed by atoms with van der Waals surface area (Å²) >= 11 is 5.82. The van der Waals surface area contributed by atoms with E-state index in [0.717, 1.165) is 11.4 Å². The SMILES string of the molecule is Cc1ccc(/C=N/NC(=O)c2cccc(Cl)c2)n1C. The fraction of sp³-hybridized carbons (Fsp3) is 0.143. The number of rotatable bonds is 3. The van der Waals surface area contributed by atoms with Crippen LogP contribution in [0.3, 0.4) is 0 Å². The summed E-state index contributed by atoms with van der Waals surface area (Å²) in [7, 11) is 1.94. The highest BCUT2D eigenvalue weighted by atomic mass is 35.5. The van der Waals surface area contributed by atoms with Crippen molar-refractivity contribution in [3.05, 3.63) is 58.4 Å². The Hall–Kier alpha value is -2.07. The molecule has 0 spiro atoms. The van der Waals surface area contributed by atoms with Crippen LogP contribution in [0.25, 0.3) is 0 Å². The maximum atomic E-state index is 11.8. The molecule has 2 rings (SSSR count). The number of hydrogen-bond donors (Lipinski definition) is 1. The van der Waals surface area contributed by atoms with Gasteiger partial charge < -0.3 is 4.57 Å². The lowest BCUT2D eigenvalue weighted by molar-refractivity contribution is 0.0955. The molecule has 0 saturated heterocycles. The number of benzene rings is 1. The summed E-state index contributed by atoms with van der Waals surface area (Å²) in [5.74, 6) is -0.287. The molecule has 0 fully saturated rings. The monoisotopic (exact) mass is 275 g/mol. The van der Waals surface area contributed by atoms with Gasteiger partial charge in [0, 0.05) is 23.3 Å². The Bertz CT molecular complexity index is 631. The number of hydrogen-bond acceptors (Lipinski definition) is 2. The first-order valence-electron chi connectivity index (χ1n) is 5.79. The first kappa shape index (κ1) is 13.4. The molecule has 1 aromatic heterocycles. The normalized spacial score (nSPS) is 10.9. The lowest BCUT2D eigenvalue weighted by Crippen LogP contribution is -2.17. The predicted molar refractivity (Wildman–Crippen MR) is 76.7 cm³/mol. The van der Waals surface area contributed by atoms with Gasteiger partial charge in [-0.1, -0.05) is 17.7 Å². The number of aryl methyl sites for hydroxylation is 1. The summed E-state index contributed by atoms with van der Waals surface area (Å²) in [6, 6.07) is 10.6. The minimum absolute atomic E-state index is 0.287. The average Bonchev–Trinajstić information content (AvgIpc) is 2.70. The highest BCUT2D eigenvalue weighted by Gasteiger charge is 2.04. The third-order valence-electron chi connectivity index (χ3n) is 2.86. The van der Waals surface area contributed by atoms with E-state index in [4.69, 9.17) is 11.6 Å². The van der Waals surface area contributed by atoms with Crippen LogP contribution in [0.5, 0.6) is 0 Å². The third kappa shape index (κ3) is 3.23. The average molecular weight is 276 g/mol. The van der Waals surface area contributed by atoms with E-state index in [1.54, 1.807) is 30.5 Å². The summed E-state index contributed by atoms with van der Waals surface area (Å²) in [4.78, 5) is 11.8. The van der Waals surface area contributed by atoms with Gasteiger partial charge in [-0.2, -0.15) is 5.10 Å². The molecular formula is C14H14ClN3O. The second-order valence-electron chi connectivity index (χ2n) is 4.17. The van der Waals surface area contributed by atoms with Crippen molar-refractivity contribution in [2.45, 2.75) is 6.92 Å². The minimum atomic E-state index is -0.287. The van der Waals surface area contributed by atoms with E-state index < -0.39 is 0 Å². The Morgan fingerprint density at radius 1 is 1.37 bits per heavy atom. The minimum Gasteiger partial charge on any atom is -0.347 e. The summed E-state index contributed by atoms with van der Waals surface area (Å²) in [6.45, 7) is 2.00. The summed E-state index contributed by atoms with van der Waals surface area (Å²) in [6.07, 6.45) is 1.61. The highest BCUT2D eigenvalue weighted by Crippen LogP contribution is 2.10. The van der Waals surface area contributed by atoms with Crippen molar-refractivity contribution in [1.29, 1.82) is 0 Å². The lowest BCUT2D eigenvalue weighted by atomic mass is 10.2. The van der Waals surface area contributed by atoms with E-state index in [2.05, 4.69) is 10.5 Å². The van der Waals surface area contributed by atoms with Gasteiger partial charge in [0.05, 0.1) is 11.9 Å². The zero-order chi connectivity index (χ0) is 13.8. The number of nitrogens with zero attached hydrogens (tertiary/aromatic N) is 2. The van der Waals surface area contributed by atoms with Crippen molar-refractivity contribution in [3.63, 3.8) is 0 Å². The highest BCUT2D eigenvalue weighted by molar-refractivity contribution is 6.30. The van der Waals surface area contributed by atoms with Gasteiger partial charge in [-0.15, -0.1) is 0 Å². The molecule has 0 aliphatic rings. The molecule has 98 valence electrons. The largest absolute Gasteiger partial charge is 0.347 e. The molecule has 1 amide bonds. The van der Waals surface area contributed by atoms with Crippen molar-refractivity contribution < 1.29 is 4.79 Å². The number of nitrogens with one attached hydrogen (secondary N) is 1. The number of hydrazone groups is 1. The molecule has 0 radical (unpaired) electrons. The molecule has 1 heterocycles. The van der Waals surface area contributed by atoms with Crippen LogP contribution in [0.1, 0.15) is 21.7 Å². The van der Waals surface area contributed by atoms with Crippen LogP contribution in [-0.4, -0.2) is 16.7 Å². The summed E-state index contributed by atoms with van der Waals surface area (Å²) < 4.78 is 1.98. The fourth-order valence-electron chi connectivity index (χ4n) is 1.61. The zero-order valence-electron chi connectivity index (χ0n) is 10.7. The van der Waals surface area contributed by atoms with Crippen molar-refractivity contribution in [2.75, 3.05) is 0 Å². The standard InChI is InChI=1S/C14H14ClN3O/c1-10-6-7-13(18(10)2)9-16-17-14(19)11-4-3-5-12(15)8-11/h3-9H,1-2H3,(H,17,19)/b16-9+. The van der Waals surface area contributed by atoms with Crippen LogP contribution in [0.2, 0.25) is 5.02 Å². The van der Waals surface area contributed by atoms with Gasteiger partial charge in [-0.25, -0.2) is 5.43 Å². The zero-order valence-corrected chi connectivity index (χ0v) is 11.5. The van der Waals surface area contributed by atoms with Gasteiger partial charge in [-0.05, 0) is 37.3 Å². The molecule has 2 aromatic rings. The van der Waals surface area contributed by atoms with Crippen LogP contribution >= 0.6 is 11.6 Å². The topological polar surface area (TPSA) is 46.4 Å². The molecule has 1 aromatic carbocycles. The van der Waals surface area contributed by atoms with Crippen LogP contribution in [0.4, 0.5) is 0 Å². The third-order valence-corrected chi connectivity index (χ3v) is 3.10. The second kappa shape index (κ2) is 5.71. The molecule has 0 saturated carbocycles. The van der Waals surface area contributed by atoms with Crippen LogP contribution < -0.4 is 5.43 Å². The number of carbonyl (C=O) groups is 1. The Morgan fingerprint density at radius 3 is 2.79 bits per heavy atom. The van der Waals surface area contributed by atoms with Gasteiger partial charge in [0.25, 0.3) is 5.91 Å². The van der Waals surface area contributed by atoms with Gasteiger partial charge in [0.2, 0.25) is 0 Å². The van der Waals surface area contributed by atoms with Crippen LogP contribution in [-0.2, 0) is 7.05 Å². The maximum Gasteiger partial charge on any atom is 0.271 e. The first-order chi connectivity index (χ1) is 9.08. The van der Waals surface area contributed by atoms with E-state index in [-0.39, 0.29) is 5.91 Å². The molecule has 0 unspecified atom stereocenters.